The second-order valence-electron chi connectivity index (χ2n) is 1.41. The van der Waals surface area contributed by atoms with Gasteiger partial charge < -0.3 is 4.74 Å². The van der Waals surface area contributed by atoms with Crippen molar-refractivity contribution in [1.29, 1.82) is 0 Å². The van der Waals surface area contributed by atoms with Crippen LogP contribution in [0.4, 0.5) is 0 Å². The predicted octanol–water partition coefficient (Wildman–Crippen LogP) is 0.884. The lowest BCUT2D eigenvalue weighted by atomic mass is 10.5. The first-order chi connectivity index (χ1) is 4.31. The largest absolute Gasteiger partial charge is 0.433 e. The standard InChI is InChI=1S/C6H9O3/c1-2-3-4-9-6(8)5-7/h3-4H,2,5H2,1H3. The molecule has 0 aromatic carbocycles. The molecule has 9 heavy (non-hydrogen) atoms. The second kappa shape index (κ2) is 5.31. The lowest BCUT2D eigenvalue weighted by molar-refractivity contribution is -0.143. The molecule has 3 heteroatoms. The van der Waals surface area contributed by atoms with E-state index < -0.39 is 12.6 Å². The number of carbonyl (C=O) groups is 1. The Kier molecular flexibility index (Phi) is 4.82. The summed E-state index contributed by atoms with van der Waals surface area (Å²) in [4.78, 5) is 10.1. The predicted molar refractivity (Wildman–Crippen MR) is 31.1 cm³/mol. The maximum atomic E-state index is 10.1. The zero-order chi connectivity index (χ0) is 7.11. The normalized spacial score (nSPS) is 10.0. The Bertz CT molecular complexity index is 107. The fourth-order valence-electron chi connectivity index (χ4n) is 0.254. The monoisotopic (exact) mass is 129 g/mol. The van der Waals surface area contributed by atoms with E-state index in [2.05, 4.69) is 4.74 Å². The van der Waals surface area contributed by atoms with E-state index in [4.69, 9.17) is 0 Å². The first-order valence-corrected chi connectivity index (χ1v) is 2.73. The van der Waals surface area contributed by atoms with Crippen LogP contribution in [-0.2, 0) is 14.6 Å². The van der Waals surface area contributed by atoms with Gasteiger partial charge in [-0.1, -0.05) is 6.92 Å². The topological polar surface area (TPSA) is 46.2 Å². The summed E-state index contributed by atoms with van der Waals surface area (Å²) in [6.45, 7) is 1.09. The van der Waals surface area contributed by atoms with Gasteiger partial charge in [0, 0.05) is 0 Å². The molecule has 0 aromatic heterocycles. The molecule has 0 aliphatic heterocycles. The van der Waals surface area contributed by atoms with Crippen LogP contribution in [0.3, 0.4) is 0 Å². The summed E-state index contributed by atoms with van der Waals surface area (Å²) in [5.41, 5.74) is 0. The molecule has 0 heterocycles. The van der Waals surface area contributed by atoms with Gasteiger partial charge in [-0.15, -0.1) is 0 Å². The van der Waals surface area contributed by atoms with Crippen LogP contribution in [0.15, 0.2) is 12.3 Å². The lowest BCUT2D eigenvalue weighted by Crippen LogP contribution is -2.02. The van der Waals surface area contributed by atoms with E-state index in [0.29, 0.717) is 0 Å². The van der Waals surface area contributed by atoms with Crippen molar-refractivity contribution >= 4 is 5.97 Å². The fourth-order valence-corrected chi connectivity index (χ4v) is 0.254. The molecule has 51 valence electrons. The molecule has 0 fully saturated rings. The van der Waals surface area contributed by atoms with E-state index >= 15 is 0 Å². The molecule has 1 radical (unpaired) electrons. The van der Waals surface area contributed by atoms with Gasteiger partial charge in [0.2, 0.25) is 0 Å². The second-order valence-corrected chi connectivity index (χ2v) is 1.41. The maximum absolute atomic E-state index is 10.1. The molecule has 0 aromatic rings. The summed E-state index contributed by atoms with van der Waals surface area (Å²) in [5.74, 6) is -0.736. The fraction of sp³-hybridized carbons (Fsp3) is 0.500. The Hall–Kier alpha value is -0.830. The number of hydrogen-bond acceptors (Lipinski definition) is 2. The van der Waals surface area contributed by atoms with Crippen molar-refractivity contribution < 1.29 is 14.6 Å². The summed E-state index contributed by atoms with van der Waals surface area (Å²) >= 11 is 0. The van der Waals surface area contributed by atoms with Gasteiger partial charge in [0.05, 0.1) is 6.26 Å². The van der Waals surface area contributed by atoms with Crippen LogP contribution in [0.1, 0.15) is 13.3 Å². The van der Waals surface area contributed by atoms with E-state index in [0.717, 1.165) is 6.42 Å². The zero-order valence-corrected chi connectivity index (χ0v) is 5.29. The Morgan fingerprint density at radius 2 is 2.33 bits per heavy atom. The Morgan fingerprint density at radius 3 is 2.78 bits per heavy atom. The van der Waals surface area contributed by atoms with Gasteiger partial charge in [-0.05, 0) is 12.5 Å². The third-order valence-corrected chi connectivity index (χ3v) is 0.649. The van der Waals surface area contributed by atoms with Crippen LogP contribution in [0.25, 0.3) is 0 Å². The molecule has 0 aliphatic carbocycles. The number of ether oxygens (including phenoxy) is 1. The van der Waals surface area contributed by atoms with Gasteiger partial charge in [-0.2, -0.15) is 0 Å². The molecule has 0 spiro atoms. The summed E-state index contributed by atoms with van der Waals surface area (Å²) in [6, 6.07) is 0. The summed E-state index contributed by atoms with van der Waals surface area (Å²) in [5, 5.41) is 9.72. The third kappa shape index (κ3) is 5.03. The highest BCUT2D eigenvalue weighted by atomic mass is 16.5. The first-order valence-electron chi connectivity index (χ1n) is 2.73. The molecular weight excluding hydrogens is 120 g/mol. The van der Waals surface area contributed by atoms with Crippen LogP contribution in [0.5, 0.6) is 0 Å². The number of hydrogen-bond donors (Lipinski definition) is 0. The van der Waals surface area contributed by atoms with Crippen molar-refractivity contribution in [3.05, 3.63) is 12.3 Å². The van der Waals surface area contributed by atoms with Crippen LogP contribution in [-0.4, -0.2) is 12.6 Å². The van der Waals surface area contributed by atoms with Crippen LogP contribution in [0, 0.1) is 0 Å². The molecular formula is C6H9O3. The van der Waals surface area contributed by atoms with Crippen LogP contribution < -0.4 is 0 Å². The minimum atomic E-state index is -0.811. The van der Waals surface area contributed by atoms with Crippen LogP contribution >= 0.6 is 0 Å². The van der Waals surface area contributed by atoms with Gasteiger partial charge in [-0.25, -0.2) is 9.90 Å². The van der Waals surface area contributed by atoms with E-state index in [1.54, 1.807) is 6.08 Å². The van der Waals surface area contributed by atoms with Gasteiger partial charge in [0.25, 0.3) is 0 Å². The van der Waals surface area contributed by atoms with Gasteiger partial charge in [0.15, 0.2) is 6.61 Å². The number of carbonyl (C=O) groups excluding carboxylic acids is 1. The highest BCUT2D eigenvalue weighted by Crippen LogP contribution is 1.82. The highest BCUT2D eigenvalue weighted by molar-refractivity contribution is 5.70. The van der Waals surface area contributed by atoms with Gasteiger partial charge >= 0.3 is 5.97 Å². The highest BCUT2D eigenvalue weighted by Gasteiger charge is 1.94. The molecule has 0 amide bonds. The Labute approximate surface area is 53.9 Å². The summed E-state index contributed by atoms with van der Waals surface area (Å²) in [7, 11) is 0. The van der Waals surface area contributed by atoms with E-state index in [-0.39, 0.29) is 0 Å². The molecule has 0 unspecified atom stereocenters. The lowest BCUT2D eigenvalue weighted by Gasteiger charge is -1.89. The molecule has 0 bridgehead atoms. The number of rotatable bonds is 3. The molecule has 0 saturated carbocycles. The smallest absolute Gasteiger partial charge is 0.340 e. The SMILES string of the molecule is CCC=COC(=O)C[O]. The van der Waals surface area contributed by atoms with E-state index in [1.807, 2.05) is 6.92 Å². The average molecular weight is 129 g/mol. The van der Waals surface area contributed by atoms with Crippen molar-refractivity contribution in [3.63, 3.8) is 0 Å². The quantitative estimate of drug-likeness (QED) is 0.419. The van der Waals surface area contributed by atoms with Crippen molar-refractivity contribution in [2.24, 2.45) is 0 Å². The average Bonchev–Trinajstić information content (AvgIpc) is 1.89. The molecule has 0 atom stereocenters. The maximum Gasteiger partial charge on any atom is 0.340 e. The minimum Gasteiger partial charge on any atom is -0.433 e. The molecule has 0 saturated heterocycles. The molecule has 0 rings (SSSR count). The Balaban J connectivity index is 3.26. The van der Waals surface area contributed by atoms with Crippen molar-refractivity contribution in [2.75, 3.05) is 6.61 Å². The zero-order valence-electron chi connectivity index (χ0n) is 5.29. The number of esters is 1. The van der Waals surface area contributed by atoms with Gasteiger partial charge in [0.1, 0.15) is 0 Å². The molecule has 3 nitrogen and oxygen atoms in total. The van der Waals surface area contributed by atoms with E-state index in [9.17, 15) is 9.90 Å². The summed E-state index contributed by atoms with van der Waals surface area (Å²) in [6.07, 6.45) is 3.69. The Morgan fingerprint density at radius 1 is 1.67 bits per heavy atom. The van der Waals surface area contributed by atoms with Gasteiger partial charge in [-0.3, -0.25) is 0 Å². The summed E-state index contributed by atoms with van der Waals surface area (Å²) < 4.78 is 4.30. The minimum absolute atomic E-state index is 0.736. The third-order valence-electron chi connectivity index (χ3n) is 0.649. The number of allylic oxidation sites excluding steroid dienone is 1. The van der Waals surface area contributed by atoms with Crippen molar-refractivity contribution in [1.82, 2.24) is 0 Å². The van der Waals surface area contributed by atoms with Crippen molar-refractivity contribution in [2.45, 2.75) is 13.3 Å². The first kappa shape index (κ1) is 8.17. The van der Waals surface area contributed by atoms with Crippen LogP contribution in [0.2, 0.25) is 0 Å². The molecule has 0 aliphatic rings. The molecule has 0 N–H and O–H groups in total. The van der Waals surface area contributed by atoms with E-state index in [1.165, 1.54) is 6.26 Å². The van der Waals surface area contributed by atoms with Crippen molar-refractivity contribution in [3.8, 4) is 0 Å².